The van der Waals surface area contributed by atoms with E-state index in [2.05, 4.69) is 20.6 Å². The summed E-state index contributed by atoms with van der Waals surface area (Å²) in [7, 11) is 1.75. The van der Waals surface area contributed by atoms with Crippen molar-refractivity contribution < 1.29 is 19.5 Å². The van der Waals surface area contributed by atoms with Crippen LogP contribution in [0.5, 0.6) is 0 Å². The summed E-state index contributed by atoms with van der Waals surface area (Å²) in [6.07, 6.45) is 0. The molecule has 0 saturated carbocycles. The average molecular weight is 481 g/mol. The molecular formula is C18H20N6O4S3. The predicted octanol–water partition coefficient (Wildman–Crippen LogP) is 1.34. The summed E-state index contributed by atoms with van der Waals surface area (Å²) in [5, 5.41) is 25.2. The summed E-state index contributed by atoms with van der Waals surface area (Å²) in [6.45, 7) is 5.38. The van der Waals surface area contributed by atoms with Crippen molar-refractivity contribution in [1.29, 1.82) is 0 Å². The van der Waals surface area contributed by atoms with Crippen molar-refractivity contribution in [3.8, 4) is 0 Å². The highest BCUT2D eigenvalue weighted by molar-refractivity contribution is 8.01. The molecule has 1 fully saturated rings. The second kappa shape index (κ2) is 8.28. The molecule has 2 amide bonds. The highest BCUT2D eigenvalue weighted by Gasteiger charge is 2.54. The molecule has 1 saturated heterocycles. The lowest BCUT2D eigenvalue weighted by atomic mass is 10.0. The third kappa shape index (κ3) is 3.85. The quantitative estimate of drug-likeness (QED) is 0.464. The molecule has 0 aliphatic carbocycles. The molecule has 0 unspecified atom stereocenters. The molecule has 0 bridgehead atoms. The molecular weight excluding hydrogens is 460 g/mol. The Bertz CT molecular complexity index is 1120. The van der Waals surface area contributed by atoms with Gasteiger partial charge in [0.05, 0.1) is 11.3 Å². The number of thioether (sulfide) groups is 2. The third-order valence-corrected chi connectivity index (χ3v) is 8.55. The SMILES string of the molecule is Cc1nnc(SCC2=C(C(=O)O)N3C(=O)[C@H](NC(=O)c4c(C)nn(C)c4C)[C@H]3SC2)s1. The van der Waals surface area contributed by atoms with E-state index in [9.17, 15) is 19.5 Å². The Kier molecular flexibility index (Phi) is 5.83. The third-order valence-electron chi connectivity index (χ3n) is 5.15. The molecule has 0 radical (unpaired) electrons. The van der Waals surface area contributed by atoms with Gasteiger partial charge in [-0.2, -0.15) is 5.10 Å². The van der Waals surface area contributed by atoms with Crippen LogP contribution in [0.4, 0.5) is 0 Å². The molecule has 164 valence electrons. The minimum absolute atomic E-state index is 0.00160. The molecule has 2 aliphatic rings. The van der Waals surface area contributed by atoms with Crippen LogP contribution < -0.4 is 5.32 Å². The maximum absolute atomic E-state index is 12.8. The van der Waals surface area contributed by atoms with Crippen LogP contribution in [0.3, 0.4) is 0 Å². The van der Waals surface area contributed by atoms with E-state index in [-0.39, 0.29) is 11.6 Å². The van der Waals surface area contributed by atoms with Gasteiger partial charge in [0.2, 0.25) is 0 Å². The van der Waals surface area contributed by atoms with Crippen LogP contribution in [0.25, 0.3) is 0 Å². The molecule has 2 atom stereocenters. The van der Waals surface area contributed by atoms with Gasteiger partial charge >= 0.3 is 5.97 Å². The number of nitrogens with one attached hydrogen (secondary N) is 1. The smallest absolute Gasteiger partial charge is 0.352 e. The molecule has 13 heteroatoms. The van der Waals surface area contributed by atoms with Crippen LogP contribution >= 0.6 is 34.9 Å². The minimum atomic E-state index is -1.15. The van der Waals surface area contributed by atoms with Gasteiger partial charge in [-0.3, -0.25) is 19.2 Å². The minimum Gasteiger partial charge on any atom is -0.477 e. The first-order valence-corrected chi connectivity index (χ1v) is 12.2. The fraction of sp³-hybridized carbons (Fsp3) is 0.444. The highest BCUT2D eigenvalue weighted by Crippen LogP contribution is 2.41. The van der Waals surface area contributed by atoms with Crippen molar-refractivity contribution in [2.75, 3.05) is 11.5 Å². The molecule has 10 nitrogen and oxygen atoms in total. The van der Waals surface area contributed by atoms with Gasteiger partial charge in [-0.15, -0.1) is 22.0 Å². The largest absolute Gasteiger partial charge is 0.477 e. The van der Waals surface area contributed by atoms with Gasteiger partial charge in [-0.05, 0) is 26.3 Å². The van der Waals surface area contributed by atoms with E-state index in [0.29, 0.717) is 34.0 Å². The van der Waals surface area contributed by atoms with Crippen LogP contribution in [0.2, 0.25) is 0 Å². The first kappa shape index (κ1) is 21.8. The number of fused-ring (bicyclic) bond motifs is 1. The van der Waals surface area contributed by atoms with Crippen LogP contribution in [-0.4, -0.2) is 70.7 Å². The maximum atomic E-state index is 12.8. The fourth-order valence-corrected chi connectivity index (χ4v) is 6.90. The van der Waals surface area contributed by atoms with Gasteiger partial charge in [-0.25, -0.2) is 4.79 Å². The molecule has 2 aliphatic heterocycles. The first-order valence-electron chi connectivity index (χ1n) is 9.33. The molecule has 4 heterocycles. The Morgan fingerprint density at radius 3 is 2.61 bits per heavy atom. The number of carbonyl (C=O) groups excluding carboxylic acids is 2. The molecule has 2 N–H and O–H groups in total. The highest BCUT2D eigenvalue weighted by atomic mass is 32.2. The number of hydrogen-bond donors (Lipinski definition) is 2. The summed E-state index contributed by atoms with van der Waals surface area (Å²) in [6, 6.07) is -0.772. The summed E-state index contributed by atoms with van der Waals surface area (Å²) < 4.78 is 2.37. The number of carboxylic acid groups (broad SMARTS) is 1. The zero-order valence-corrected chi connectivity index (χ0v) is 19.7. The Labute approximate surface area is 190 Å². The van der Waals surface area contributed by atoms with Gasteiger partial charge in [-0.1, -0.05) is 23.1 Å². The zero-order chi connectivity index (χ0) is 22.4. The summed E-state index contributed by atoms with van der Waals surface area (Å²) in [5.74, 6) is -1.08. The van der Waals surface area contributed by atoms with Gasteiger partial charge < -0.3 is 10.4 Å². The van der Waals surface area contributed by atoms with E-state index in [1.807, 2.05) is 6.92 Å². The van der Waals surface area contributed by atoms with E-state index in [4.69, 9.17) is 0 Å². The number of aryl methyl sites for hydroxylation is 3. The number of aliphatic carboxylic acids is 1. The number of nitrogens with zero attached hydrogens (tertiary/aromatic N) is 5. The molecule has 2 aromatic rings. The van der Waals surface area contributed by atoms with Gasteiger partial charge in [0.1, 0.15) is 22.1 Å². The summed E-state index contributed by atoms with van der Waals surface area (Å²) >= 11 is 4.29. The van der Waals surface area contributed by atoms with Crippen molar-refractivity contribution in [2.45, 2.75) is 36.5 Å². The number of hydrogen-bond acceptors (Lipinski definition) is 9. The van der Waals surface area contributed by atoms with Crippen LogP contribution in [-0.2, 0) is 16.6 Å². The Morgan fingerprint density at radius 2 is 2.03 bits per heavy atom. The Hall–Kier alpha value is -2.38. The number of carboxylic acids is 1. The van der Waals surface area contributed by atoms with Crippen molar-refractivity contribution in [3.63, 3.8) is 0 Å². The predicted molar refractivity (Wildman–Crippen MR) is 117 cm³/mol. The van der Waals surface area contributed by atoms with Crippen molar-refractivity contribution in [2.24, 2.45) is 7.05 Å². The average Bonchev–Trinajstić information content (AvgIpc) is 3.25. The van der Waals surface area contributed by atoms with E-state index in [0.717, 1.165) is 9.35 Å². The van der Waals surface area contributed by atoms with Crippen molar-refractivity contribution >= 4 is 52.6 Å². The molecule has 4 rings (SSSR count). The molecule has 31 heavy (non-hydrogen) atoms. The fourth-order valence-electron chi connectivity index (χ4n) is 3.60. The Morgan fingerprint density at radius 1 is 1.29 bits per heavy atom. The maximum Gasteiger partial charge on any atom is 0.352 e. The molecule has 0 aromatic carbocycles. The van der Waals surface area contributed by atoms with Gasteiger partial charge in [0.25, 0.3) is 11.8 Å². The Balaban J connectivity index is 1.50. The molecule has 2 aromatic heterocycles. The lowest BCUT2D eigenvalue weighted by molar-refractivity contribution is -0.148. The normalized spacial score (nSPS) is 20.5. The standard InChI is InChI=1S/C18H20N6O4S3/c1-7-11(8(2)23(4)22-7)14(25)19-12-15(26)24-13(17(27)28)10(5-29-16(12)24)6-30-18-21-20-9(3)31-18/h12,16H,5-6H2,1-4H3,(H,19,25)(H,27,28)/t12-,16+/m0/s1. The topological polar surface area (TPSA) is 130 Å². The van der Waals surface area contributed by atoms with Crippen molar-refractivity contribution in [1.82, 2.24) is 30.2 Å². The van der Waals surface area contributed by atoms with Crippen LogP contribution in [0.1, 0.15) is 26.8 Å². The lowest BCUT2D eigenvalue weighted by Gasteiger charge is -2.49. The van der Waals surface area contributed by atoms with E-state index in [1.165, 1.54) is 39.8 Å². The monoisotopic (exact) mass is 480 g/mol. The summed E-state index contributed by atoms with van der Waals surface area (Å²) in [5.41, 5.74) is 2.38. The number of amides is 2. The van der Waals surface area contributed by atoms with Crippen LogP contribution in [0, 0.1) is 20.8 Å². The number of aromatic nitrogens is 4. The van der Waals surface area contributed by atoms with Crippen LogP contribution in [0.15, 0.2) is 15.6 Å². The van der Waals surface area contributed by atoms with Gasteiger partial charge in [0, 0.05) is 24.2 Å². The van der Waals surface area contributed by atoms with E-state index in [1.54, 1.807) is 25.6 Å². The lowest BCUT2D eigenvalue weighted by Crippen LogP contribution is -2.70. The molecule has 0 spiro atoms. The first-order chi connectivity index (χ1) is 14.7. The summed E-state index contributed by atoms with van der Waals surface area (Å²) in [4.78, 5) is 38.9. The second-order valence-electron chi connectivity index (χ2n) is 7.16. The number of rotatable bonds is 6. The van der Waals surface area contributed by atoms with E-state index >= 15 is 0 Å². The van der Waals surface area contributed by atoms with E-state index < -0.39 is 23.3 Å². The number of β-lactam (4-membered cyclic amide) rings is 1. The second-order valence-corrected chi connectivity index (χ2v) is 10.7. The number of carbonyl (C=O) groups is 3. The zero-order valence-electron chi connectivity index (χ0n) is 17.2. The van der Waals surface area contributed by atoms with Crippen molar-refractivity contribution in [3.05, 3.63) is 33.2 Å². The van der Waals surface area contributed by atoms with Gasteiger partial charge in [0.15, 0.2) is 4.34 Å².